The summed E-state index contributed by atoms with van der Waals surface area (Å²) in [6.45, 7) is 0. The number of ketones is 1. The molecule has 0 aliphatic carbocycles. The van der Waals surface area contributed by atoms with Crippen LogP contribution in [0.25, 0.3) is 0 Å². The van der Waals surface area contributed by atoms with Crippen LogP contribution in [0, 0.1) is 5.82 Å². The van der Waals surface area contributed by atoms with Gasteiger partial charge in [0.05, 0.1) is 12.7 Å². The Balaban J connectivity index is 1.87. The first-order valence-corrected chi connectivity index (χ1v) is 7.61. The number of pyridine rings is 1. The van der Waals surface area contributed by atoms with E-state index in [1.165, 1.54) is 36.1 Å². The maximum absolute atomic E-state index is 12.9. The Hall–Kier alpha value is -3.15. The van der Waals surface area contributed by atoms with Crippen molar-refractivity contribution in [2.24, 2.45) is 7.05 Å². The van der Waals surface area contributed by atoms with Gasteiger partial charge in [0.25, 0.3) is 5.56 Å². The van der Waals surface area contributed by atoms with Crippen LogP contribution < -0.4 is 10.3 Å². The van der Waals surface area contributed by atoms with Crippen molar-refractivity contribution < 1.29 is 18.3 Å². The first kappa shape index (κ1) is 16.7. The maximum Gasteiger partial charge on any atom is 0.293 e. The van der Waals surface area contributed by atoms with Gasteiger partial charge in [-0.1, -0.05) is 12.1 Å². The molecule has 25 heavy (non-hydrogen) atoms. The quantitative estimate of drug-likeness (QED) is 0.670. The lowest BCUT2D eigenvalue weighted by Gasteiger charge is -2.07. The van der Waals surface area contributed by atoms with E-state index in [2.05, 4.69) is 0 Å². The average molecular weight is 341 g/mol. The standard InChI is InChI=1S/C19H16FNO4/c1-21-10-9-15(18(24-2)19(21)23)17(22)16-8-7-14(25-16)11-12-3-5-13(20)6-4-12/h3-10H,11H2,1-2H3. The average Bonchev–Trinajstić information content (AvgIpc) is 3.07. The molecule has 3 rings (SSSR count). The highest BCUT2D eigenvalue weighted by molar-refractivity contribution is 6.08. The second-order valence-electron chi connectivity index (χ2n) is 5.58. The third-order valence-electron chi connectivity index (χ3n) is 3.85. The fourth-order valence-electron chi connectivity index (χ4n) is 2.51. The number of ether oxygens (including phenoxy) is 1. The summed E-state index contributed by atoms with van der Waals surface area (Å²) in [6, 6.07) is 10.8. The van der Waals surface area contributed by atoms with Crippen molar-refractivity contribution in [1.82, 2.24) is 4.57 Å². The zero-order valence-electron chi connectivity index (χ0n) is 13.8. The third kappa shape index (κ3) is 3.38. The maximum atomic E-state index is 12.9. The van der Waals surface area contributed by atoms with Gasteiger partial charge in [0.15, 0.2) is 11.5 Å². The monoisotopic (exact) mass is 341 g/mol. The van der Waals surface area contributed by atoms with E-state index in [-0.39, 0.29) is 22.9 Å². The molecule has 2 aromatic heterocycles. The second kappa shape index (κ2) is 6.76. The summed E-state index contributed by atoms with van der Waals surface area (Å²) < 4.78 is 25.0. The van der Waals surface area contributed by atoms with Crippen molar-refractivity contribution in [2.45, 2.75) is 6.42 Å². The number of nitrogens with zero attached hydrogens (tertiary/aromatic N) is 1. The fourth-order valence-corrected chi connectivity index (χ4v) is 2.51. The Morgan fingerprint density at radius 1 is 1.16 bits per heavy atom. The highest BCUT2D eigenvalue weighted by Gasteiger charge is 2.21. The van der Waals surface area contributed by atoms with Crippen LogP contribution in [-0.4, -0.2) is 17.5 Å². The van der Waals surface area contributed by atoms with Crippen molar-refractivity contribution in [3.63, 3.8) is 0 Å². The number of aromatic nitrogens is 1. The number of rotatable bonds is 5. The van der Waals surface area contributed by atoms with Crippen LogP contribution in [0.1, 0.15) is 27.4 Å². The number of benzene rings is 1. The highest BCUT2D eigenvalue weighted by Crippen LogP contribution is 2.20. The number of methoxy groups -OCH3 is 1. The number of halogens is 1. The third-order valence-corrected chi connectivity index (χ3v) is 3.85. The molecule has 0 fully saturated rings. The predicted molar refractivity (Wildman–Crippen MR) is 89.6 cm³/mol. The van der Waals surface area contributed by atoms with Crippen LogP contribution in [0.5, 0.6) is 5.75 Å². The minimum Gasteiger partial charge on any atom is -0.491 e. The minimum atomic E-state index is -0.431. The summed E-state index contributed by atoms with van der Waals surface area (Å²) in [5, 5.41) is 0. The Kier molecular flexibility index (Phi) is 4.52. The van der Waals surface area contributed by atoms with Crippen molar-refractivity contribution in [3.8, 4) is 5.75 Å². The van der Waals surface area contributed by atoms with Crippen LogP contribution in [0.3, 0.4) is 0 Å². The van der Waals surface area contributed by atoms with E-state index in [4.69, 9.17) is 9.15 Å². The van der Waals surface area contributed by atoms with Gasteiger partial charge in [-0.15, -0.1) is 0 Å². The molecule has 3 aromatic rings. The van der Waals surface area contributed by atoms with Gasteiger partial charge in [-0.3, -0.25) is 9.59 Å². The van der Waals surface area contributed by atoms with Gasteiger partial charge in [-0.05, 0) is 35.9 Å². The van der Waals surface area contributed by atoms with E-state index in [0.29, 0.717) is 12.2 Å². The molecule has 5 nitrogen and oxygen atoms in total. The molecule has 0 aliphatic rings. The number of aryl methyl sites for hydroxylation is 1. The van der Waals surface area contributed by atoms with E-state index >= 15 is 0 Å². The molecule has 128 valence electrons. The predicted octanol–water partition coefficient (Wildman–Crippen LogP) is 2.95. The van der Waals surface area contributed by atoms with Gasteiger partial charge >= 0.3 is 0 Å². The van der Waals surface area contributed by atoms with Crippen LogP contribution in [0.15, 0.2) is 57.9 Å². The van der Waals surface area contributed by atoms with E-state index < -0.39 is 11.3 Å². The molecule has 0 unspecified atom stereocenters. The lowest BCUT2D eigenvalue weighted by molar-refractivity contribution is 0.100. The van der Waals surface area contributed by atoms with Gasteiger partial charge in [0.2, 0.25) is 5.78 Å². The number of hydrogen-bond acceptors (Lipinski definition) is 4. The summed E-state index contributed by atoms with van der Waals surface area (Å²) in [4.78, 5) is 24.7. The van der Waals surface area contributed by atoms with Crippen LogP contribution in [-0.2, 0) is 13.5 Å². The zero-order valence-corrected chi connectivity index (χ0v) is 13.8. The molecule has 0 spiro atoms. The first-order valence-electron chi connectivity index (χ1n) is 7.61. The summed E-state index contributed by atoms with van der Waals surface area (Å²) in [5.41, 5.74) is 0.612. The van der Waals surface area contributed by atoms with E-state index in [9.17, 15) is 14.0 Å². The topological polar surface area (TPSA) is 61.4 Å². The molecule has 0 bridgehead atoms. The first-order chi connectivity index (χ1) is 12.0. The lowest BCUT2D eigenvalue weighted by atomic mass is 10.1. The lowest BCUT2D eigenvalue weighted by Crippen LogP contribution is -2.21. The van der Waals surface area contributed by atoms with Crippen LogP contribution in [0.2, 0.25) is 0 Å². The molecule has 0 saturated carbocycles. The van der Waals surface area contributed by atoms with E-state index in [1.807, 2.05) is 0 Å². The van der Waals surface area contributed by atoms with Crippen LogP contribution >= 0.6 is 0 Å². The summed E-state index contributed by atoms with van der Waals surface area (Å²) >= 11 is 0. The smallest absolute Gasteiger partial charge is 0.293 e. The van der Waals surface area contributed by atoms with Gasteiger partial charge in [0.1, 0.15) is 11.6 Å². The molecule has 0 N–H and O–H groups in total. The highest BCUT2D eigenvalue weighted by atomic mass is 19.1. The molecule has 0 radical (unpaired) electrons. The Bertz CT molecular complexity index is 970. The SMILES string of the molecule is COc1c(C(=O)c2ccc(Cc3ccc(F)cc3)o2)ccn(C)c1=O. The largest absolute Gasteiger partial charge is 0.491 e. The molecule has 0 amide bonds. The summed E-state index contributed by atoms with van der Waals surface area (Å²) in [6.07, 6.45) is 1.93. The summed E-state index contributed by atoms with van der Waals surface area (Å²) in [5.74, 6) is -0.0790. The number of hydrogen-bond donors (Lipinski definition) is 0. The molecule has 0 atom stereocenters. The number of carbonyl (C=O) groups is 1. The second-order valence-corrected chi connectivity index (χ2v) is 5.58. The van der Waals surface area contributed by atoms with Gasteiger partial charge in [-0.25, -0.2) is 4.39 Å². The number of furan rings is 1. The molecule has 1 aromatic carbocycles. The molecule has 0 saturated heterocycles. The van der Waals surface area contributed by atoms with E-state index in [0.717, 1.165) is 5.56 Å². The van der Waals surface area contributed by atoms with E-state index in [1.54, 1.807) is 31.3 Å². The zero-order chi connectivity index (χ0) is 18.0. The Labute approximate surface area is 143 Å². The Morgan fingerprint density at radius 3 is 2.56 bits per heavy atom. The number of carbonyl (C=O) groups excluding carboxylic acids is 1. The fraction of sp³-hybridized carbons (Fsp3) is 0.158. The molecular formula is C19H16FNO4. The molecule has 6 heteroatoms. The van der Waals surface area contributed by atoms with Gasteiger partial charge in [-0.2, -0.15) is 0 Å². The van der Waals surface area contributed by atoms with Gasteiger partial charge in [0, 0.05) is 19.7 Å². The minimum absolute atomic E-state index is 0.0218. The summed E-state index contributed by atoms with van der Waals surface area (Å²) in [7, 11) is 2.92. The van der Waals surface area contributed by atoms with Crippen molar-refractivity contribution in [2.75, 3.05) is 7.11 Å². The molecule has 0 aliphatic heterocycles. The van der Waals surface area contributed by atoms with Crippen molar-refractivity contribution in [1.29, 1.82) is 0 Å². The molecule has 2 heterocycles. The normalized spacial score (nSPS) is 10.7. The van der Waals surface area contributed by atoms with Crippen LogP contribution in [0.4, 0.5) is 4.39 Å². The Morgan fingerprint density at radius 2 is 1.88 bits per heavy atom. The van der Waals surface area contributed by atoms with Gasteiger partial charge < -0.3 is 13.7 Å². The molecular weight excluding hydrogens is 325 g/mol. The van der Waals surface area contributed by atoms with Crippen molar-refractivity contribution >= 4 is 5.78 Å². The van der Waals surface area contributed by atoms with Crippen molar-refractivity contribution in [3.05, 3.63) is 87.5 Å².